The van der Waals surface area contributed by atoms with E-state index in [1.165, 1.54) is 11.0 Å². The molecule has 1 aliphatic heterocycles. The molecule has 1 aromatic heterocycles. The van der Waals surface area contributed by atoms with Gasteiger partial charge in [-0.2, -0.15) is 23.2 Å². The molecule has 13 heteroatoms. The first-order chi connectivity index (χ1) is 15.8. The third kappa shape index (κ3) is 5.24. The lowest BCUT2D eigenvalue weighted by Gasteiger charge is -2.21. The van der Waals surface area contributed by atoms with Crippen LogP contribution in [-0.2, 0) is 11.0 Å². The molecule has 1 aromatic carbocycles. The van der Waals surface area contributed by atoms with Crippen LogP contribution in [0.5, 0.6) is 0 Å². The summed E-state index contributed by atoms with van der Waals surface area (Å²) < 4.78 is 39.0. The van der Waals surface area contributed by atoms with Crippen molar-refractivity contribution in [2.24, 2.45) is 0 Å². The van der Waals surface area contributed by atoms with Gasteiger partial charge in [-0.05, 0) is 32.0 Å². The highest BCUT2D eigenvalue weighted by Gasteiger charge is 2.37. The molecule has 0 unspecified atom stereocenters. The van der Waals surface area contributed by atoms with Crippen molar-refractivity contribution < 1.29 is 32.4 Å². The lowest BCUT2D eigenvalue weighted by Crippen LogP contribution is -2.36. The van der Waals surface area contributed by atoms with E-state index in [9.17, 15) is 27.6 Å². The summed E-state index contributed by atoms with van der Waals surface area (Å²) in [5.74, 6) is -2.50. The van der Waals surface area contributed by atoms with Crippen LogP contribution in [0.15, 0.2) is 43.1 Å². The van der Waals surface area contributed by atoms with Crippen LogP contribution in [0.25, 0.3) is 0 Å². The fourth-order valence-corrected chi connectivity index (χ4v) is 3.10. The van der Waals surface area contributed by atoms with Crippen molar-refractivity contribution in [1.82, 2.24) is 20.3 Å². The molecule has 3 amide bonds. The Morgan fingerprint density at radius 1 is 1.38 bits per heavy atom. The van der Waals surface area contributed by atoms with E-state index in [2.05, 4.69) is 21.9 Å². The van der Waals surface area contributed by atoms with E-state index in [4.69, 9.17) is 10.6 Å². The smallest absolute Gasteiger partial charge is 0.383 e. The molecule has 1 aliphatic rings. The zero-order valence-corrected chi connectivity index (χ0v) is 18.2. The predicted octanol–water partition coefficient (Wildman–Crippen LogP) is 2.79. The zero-order chi connectivity index (χ0) is 25.3. The number of nitrogen functional groups attached to an aromatic ring is 1. The highest BCUT2D eigenvalue weighted by molar-refractivity contribution is 5.98. The highest BCUT2D eigenvalue weighted by Crippen LogP contribution is 2.30. The van der Waals surface area contributed by atoms with Gasteiger partial charge in [-0.25, -0.2) is 14.6 Å². The summed E-state index contributed by atoms with van der Waals surface area (Å²) in [4.78, 5) is 51.7. The first kappa shape index (κ1) is 24.5. The van der Waals surface area contributed by atoms with Gasteiger partial charge in [-0.15, -0.1) is 6.58 Å². The van der Waals surface area contributed by atoms with Crippen LogP contribution in [0.4, 0.5) is 29.7 Å². The number of urea groups is 1. The second-order valence-corrected chi connectivity index (χ2v) is 7.98. The average molecular weight is 478 g/mol. The Balaban J connectivity index is 1.80. The molecule has 0 spiro atoms. The number of nitrogens with two attached hydrogens (primary N) is 1. The maximum atomic E-state index is 13.0. The summed E-state index contributed by atoms with van der Waals surface area (Å²) in [6.07, 6.45) is -2.42. The average Bonchev–Trinajstić information content (AvgIpc) is 3.04. The van der Waals surface area contributed by atoms with Crippen LogP contribution in [0, 0.1) is 0 Å². The Morgan fingerprint density at radius 2 is 2.09 bits per heavy atom. The molecular weight excluding hydrogens is 457 g/mol. The molecule has 2 heterocycles. The number of anilines is 2. The Labute approximate surface area is 192 Å². The maximum absolute atomic E-state index is 13.0. The lowest BCUT2D eigenvalue weighted by molar-refractivity contribution is -0.137. The van der Waals surface area contributed by atoms with E-state index in [-0.39, 0.29) is 36.0 Å². The van der Waals surface area contributed by atoms with Crippen molar-refractivity contribution in [3.63, 3.8) is 0 Å². The predicted molar refractivity (Wildman–Crippen MR) is 114 cm³/mol. The summed E-state index contributed by atoms with van der Waals surface area (Å²) in [5.41, 5.74) is 3.62. The van der Waals surface area contributed by atoms with Gasteiger partial charge in [0, 0.05) is 11.8 Å². The molecule has 34 heavy (non-hydrogen) atoms. The lowest BCUT2D eigenvalue weighted by atomic mass is 10.1. The van der Waals surface area contributed by atoms with Crippen molar-refractivity contribution in [3.8, 4) is 0 Å². The van der Waals surface area contributed by atoms with Gasteiger partial charge in [-0.1, -0.05) is 12.1 Å². The van der Waals surface area contributed by atoms with E-state index >= 15 is 0 Å². The molecule has 3 rings (SSSR count). The van der Waals surface area contributed by atoms with E-state index < -0.39 is 35.2 Å². The number of carbonyl (C=O) groups excluding carboxylic acids is 3. The quantitative estimate of drug-likeness (QED) is 0.499. The van der Waals surface area contributed by atoms with Crippen LogP contribution in [-0.4, -0.2) is 51.6 Å². The number of nitrogens with one attached hydrogen (secondary N) is 1. The molecular formula is C21H21F3N6O4. The topological polar surface area (TPSA) is 131 Å². The number of hydrogen-bond donors (Lipinski definition) is 2. The summed E-state index contributed by atoms with van der Waals surface area (Å²) in [5, 5.41) is 3.27. The van der Waals surface area contributed by atoms with E-state index in [1.807, 2.05) is 0 Å². The largest absolute Gasteiger partial charge is 0.416 e. The molecule has 0 radical (unpaired) electrons. The number of aromatic nitrogens is 2. The molecule has 0 saturated carbocycles. The zero-order valence-electron chi connectivity index (χ0n) is 18.2. The third-order valence-electron chi connectivity index (χ3n) is 4.66. The number of alkyl halides is 3. The molecule has 0 bridgehead atoms. The molecule has 0 atom stereocenters. The molecule has 1 saturated heterocycles. The van der Waals surface area contributed by atoms with Crippen molar-refractivity contribution in [2.75, 3.05) is 23.7 Å². The number of benzene rings is 1. The fraction of sp³-hybridized carbons (Fsp3) is 0.286. The Kier molecular flexibility index (Phi) is 6.48. The molecule has 0 aliphatic carbocycles. The molecule has 10 nitrogen and oxygen atoms in total. The van der Waals surface area contributed by atoms with Crippen LogP contribution in [0.3, 0.4) is 0 Å². The van der Waals surface area contributed by atoms with E-state index in [0.717, 1.165) is 24.4 Å². The summed E-state index contributed by atoms with van der Waals surface area (Å²) in [7, 11) is 0. The number of carbonyl (C=O) groups is 3. The number of nitrogens with zero attached hydrogens (tertiary/aromatic N) is 4. The number of halogens is 3. The monoisotopic (exact) mass is 478 g/mol. The summed E-state index contributed by atoms with van der Waals surface area (Å²) in [6, 6.07) is 3.22. The molecule has 180 valence electrons. The van der Waals surface area contributed by atoms with Crippen molar-refractivity contribution >= 4 is 29.7 Å². The van der Waals surface area contributed by atoms with Gasteiger partial charge in [0.1, 0.15) is 11.4 Å². The number of hydroxylamine groups is 2. The van der Waals surface area contributed by atoms with Gasteiger partial charge < -0.3 is 15.9 Å². The highest BCUT2D eigenvalue weighted by atomic mass is 19.4. The standard InChI is InChI=1S/C21H21F3N6O4/c1-4-8-30(16(31)12-6-5-7-13(9-12)21(22,23)24)34-17(32)14-10-26-18(27-15(14)25)29-11-20(2,3)28-19(29)33/h4-7,9-10H,1,8,11H2,2-3H3,(H,28,33)(H2,25,26,27). The molecule has 2 aromatic rings. The second-order valence-electron chi connectivity index (χ2n) is 7.98. The third-order valence-corrected chi connectivity index (χ3v) is 4.66. The minimum absolute atomic E-state index is 0.0416. The Morgan fingerprint density at radius 3 is 2.65 bits per heavy atom. The SMILES string of the molecule is C=CCN(OC(=O)c1cnc(N2CC(C)(C)NC2=O)nc1N)C(=O)c1cccc(C(F)(F)F)c1. The summed E-state index contributed by atoms with van der Waals surface area (Å²) in [6.45, 7) is 6.99. The van der Waals surface area contributed by atoms with Gasteiger partial charge >= 0.3 is 18.2 Å². The summed E-state index contributed by atoms with van der Waals surface area (Å²) >= 11 is 0. The second kappa shape index (κ2) is 9.00. The number of rotatable bonds is 5. The van der Waals surface area contributed by atoms with Crippen LogP contribution >= 0.6 is 0 Å². The maximum Gasteiger partial charge on any atom is 0.416 e. The van der Waals surface area contributed by atoms with Gasteiger partial charge in [0.15, 0.2) is 0 Å². The van der Waals surface area contributed by atoms with Crippen LogP contribution < -0.4 is 16.0 Å². The van der Waals surface area contributed by atoms with Gasteiger partial charge in [-0.3, -0.25) is 9.69 Å². The van der Waals surface area contributed by atoms with E-state index in [0.29, 0.717) is 11.1 Å². The van der Waals surface area contributed by atoms with Gasteiger partial charge in [0.05, 0.1) is 24.2 Å². The normalized spacial score (nSPS) is 15.0. The Hall–Kier alpha value is -4.16. The minimum atomic E-state index is -4.66. The molecule has 3 N–H and O–H groups in total. The molecule has 1 fully saturated rings. The van der Waals surface area contributed by atoms with Crippen molar-refractivity contribution in [2.45, 2.75) is 25.6 Å². The first-order valence-electron chi connectivity index (χ1n) is 9.87. The first-order valence-corrected chi connectivity index (χ1v) is 9.87. The van der Waals surface area contributed by atoms with E-state index in [1.54, 1.807) is 13.8 Å². The van der Waals surface area contributed by atoms with Crippen molar-refractivity contribution in [1.29, 1.82) is 0 Å². The Bertz CT molecular complexity index is 1150. The van der Waals surface area contributed by atoms with Crippen LogP contribution in [0.1, 0.15) is 40.1 Å². The van der Waals surface area contributed by atoms with Gasteiger partial charge in [0.2, 0.25) is 5.95 Å². The fourth-order valence-electron chi connectivity index (χ4n) is 3.10. The number of hydrogen-bond acceptors (Lipinski definition) is 7. The number of amides is 3. The van der Waals surface area contributed by atoms with Crippen molar-refractivity contribution in [3.05, 3.63) is 59.8 Å². The van der Waals surface area contributed by atoms with Gasteiger partial charge in [0.25, 0.3) is 5.91 Å². The minimum Gasteiger partial charge on any atom is -0.383 e. The van der Waals surface area contributed by atoms with Crippen LogP contribution in [0.2, 0.25) is 0 Å².